The molecule has 1 aliphatic heterocycles. The maximum atomic E-state index is 13.4. The number of aromatic nitrogens is 2. The van der Waals surface area contributed by atoms with Gasteiger partial charge < -0.3 is 9.26 Å². The van der Waals surface area contributed by atoms with Crippen LogP contribution in [0.1, 0.15) is 48.6 Å². The number of nitrogens with zero attached hydrogens (tertiary/aromatic N) is 3. The molecule has 32 heavy (non-hydrogen) atoms. The summed E-state index contributed by atoms with van der Waals surface area (Å²) in [6.45, 7) is 0.860. The summed E-state index contributed by atoms with van der Waals surface area (Å²) in [7, 11) is -1.94. The van der Waals surface area contributed by atoms with E-state index in [0.717, 1.165) is 43.4 Å². The summed E-state index contributed by atoms with van der Waals surface area (Å²) in [5.74, 6) is 1.63. The van der Waals surface area contributed by atoms with Crippen LogP contribution in [0.5, 0.6) is 5.75 Å². The topological polar surface area (TPSA) is 85.5 Å². The van der Waals surface area contributed by atoms with E-state index in [9.17, 15) is 8.42 Å². The largest absolute Gasteiger partial charge is 0.497 e. The zero-order valence-corrected chi connectivity index (χ0v) is 19.0. The number of ether oxygens (including phenoxy) is 1. The average Bonchev–Trinajstić information content (AvgIpc) is 3.34. The number of hydrogen-bond donors (Lipinski definition) is 0. The van der Waals surface area contributed by atoms with Crippen molar-refractivity contribution in [1.82, 2.24) is 14.4 Å². The lowest BCUT2D eigenvalue weighted by atomic mass is 9.92. The van der Waals surface area contributed by atoms with Gasteiger partial charge in [-0.25, -0.2) is 8.42 Å². The van der Waals surface area contributed by atoms with E-state index in [4.69, 9.17) is 9.26 Å². The van der Waals surface area contributed by atoms with Crippen LogP contribution in [0.2, 0.25) is 0 Å². The van der Waals surface area contributed by atoms with E-state index in [2.05, 4.69) is 10.1 Å². The summed E-state index contributed by atoms with van der Waals surface area (Å²) in [6, 6.07) is 13.1. The molecule has 1 saturated heterocycles. The molecule has 8 heteroatoms. The number of piperidine rings is 1. The smallest absolute Gasteiger partial charge is 0.243 e. The van der Waals surface area contributed by atoms with Crippen LogP contribution in [0.3, 0.4) is 0 Å². The highest BCUT2D eigenvalue weighted by atomic mass is 32.2. The second-order valence-corrected chi connectivity index (χ2v) is 10.5. The van der Waals surface area contributed by atoms with Gasteiger partial charge in [0.05, 0.1) is 17.9 Å². The molecule has 7 nitrogen and oxygen atoms in total. The maximum Gasteiger partial charge on any atom is 0.243 e. The van der Waals surface area contributed by atoms with E-state index in [1.807, 2.05) is 36.4 Å². The first-order valence-corrected chi connectivity index (χ1v) is 12.6. The predicted molar refractivity (Wildman–Crippen MR) is 120 cm³/mol. The number of sulfonamides is 1. The van der Waals surface area contributed by atoms with E-state index >= 15 is 0 Å². The minimum Gasteiger partial charge on any atom is -0.497 e. The number of hydrogen-bond acceptors (Lipinski definition) is 6. The molecule has 1 fully saturated rings. The molecule has 2 heterocycles. The quantitative estimate of drug-likeness (QED) is 0.576. The third-order valence-corrected chi connectivity index (χ3v) is 8.34. The van der Waals surface area contributed by atoms with Gasteiger partial charge in [0.1, 0.15) is 5.75 Å². The Bertz CT molecular complexity index is 1200. The molecule has 5 rings (SSSR count). The Morgan fingerprint density at radius 3 is 2.59 bits per heavy atom. The van der Waals surface area contributed by atoms with Gasteiger partial charge >= 0.3 is 0 Å². The second kappa shape index (κ2) is 8.67. The Hall–Kier alpha value is -2.71. The summed E-state index contributed by atoms with van der Waals surface area (Å²) in [5.41, 5.74) is 3.28. The number of rotatable bonds is 5. The maximum absolute atomic E-state index is 13.4. The molecule has 1 atom stereocenters. The molecule has 2 aromatic carbocycles. The van der Waals surface area contributed by atoms with E-state index in [1.54, 1.807) is 17.5 Å². The van der Waals surface area contributed by atoms with Crippen LogP contribution in [0.15, 0.2) is 51.9 Å². The number of aryl methyl sites for hydroxylation is 2. The molecule has 0 bridgehead atoms. The van der Waals surface area contributed by atoms with Crippen LogP contribution in [-0.4, -0.2) is 43.1 Å². The Balaban J connectivity index is 1.34. The van der Waals surface area contributed by atoms with Crippen molar-refractivity contribution in [3.05, 3.63) is 59.5 Å². The summed E-state index contributed by atoms with van der Waals surface area (Å²) < 4.78 is 39.1. The normalized spacial score (nSPS) is 19.5. The monoisotopic (exact) mass is 453 g/mol. The lowest BCUT2D eigenvalue weighted by Gasteiger charge is -2.30. The zero-order chi connectivity index (χ0) is 22.1. The van der Waals surface area contributed by atoms with Gasteiger partial charge in [-0.3, -0.25) is 0 Å². The highest BCUT2D eigenvalue weighted by Crippen LogP contribution is 2.32. The van der Waals surface area contributed by atoms with Crippen molar-refractivity contribution in [3.63, 3.8) is 0 Å². The zero-order valence-electron chi connectivity index (χ0n) is 18.2. The highest BCUT2D eigenvalue weighted by Gasteiger charge is 2.33. The average molecular weight is 454 g/mol. The summed E-state index contributed by atoms with van der Waals surface area (Å²) in [6.07, 6.45) is 5.87. The Labute approximate surface area is 188 Å². The van der Waals surface area contributed by atoms with Crippen molar-refractivity contribution in [2.75, 3.05) is 20.2 Å². The molecule has 2 aliphatic rings. The highest BCUT2D eigenvalue weighted by molar-refractivity contribution is 7.89. The van der Waals surface area contributed by atoms with E-state index in [0.29, 0.717) is 29.7 Å². The van der Waals surface area contributed by atoms with Gasteiger partial charge in [-0.1, -0.05) is 11.2 Å². The predicted octanol–water partition coefficient (Wildman–Crippen LogP) is 4.19. The fourth-order valence-corrected chi connectivity index (χ4v) is 6.21. The molecule has 1 aromatic heterocycles. The van der Waals surface area contributed by atoms with Gasteiger partial charge in [0, 0.05) is 18.7 Å². The van der Waals surface area contributed by atoms with Crippen molar-refractivity contribution in [3.8, 4) is 17.1 Å². The standard InChI is InChI=1S/C24H27N3O4S/c1-30-21-11-8-18(9-12-21)23-25-24(31-26-23)20-7-4-14-27(16-20)32(28,29)22-13-10-17-5-2-3-6-19(17)15-22/h8-13,15,20H,2-7,14,16H2,1H3/t20-/m0/s1. The van der Waals surface area contributed by atoms with Crippen molar-refractivity contribution < 1.29 is 17.7 Å². The van der Waals surface area contributed by atoms with Crippen LogP contribution < -0.4 is 4.74 Å². The van der Waals surface area contributed by atoms with E-state index in [-0.39, 0.29) is 5.92 Å². The van der Waals surface area contributed by atoms with E-state index in [1.165, 1.54) is 17.5 Å². The molecule has 0 spiro atoms. The molecule has 168 valence electrons. The summed E-state index contributed by atoms with van der Waals surface area (Å²) >= 11 is 0. The van der Waals surface area contributed by atoms with Crippen LogP contribution in [-0.2, 0) is 22.9 Å². The summed E-state index contributed by atoms with van der Waals surface area (Å²) in [4.78, 5) is 4.96. The third kappa shape index (κ3) is 4.04. The fraction of sp³-hybridized carbons (Fsp3) is 0.417. The third-order valence-electron chi connectivity index (χ3n) is 6.48. The first kappa shape index (κ1) is 21.2. The molecule has 0 unspecified atom stereocenters. The molecule has 0 N–H and O–H groups in total. The van der Waals surface area contributed by atoms with Gasteiger partial charge in [0.15, 0.2) is 0 Å². The van der Waals surface area contributed by atoms with Crippen molar-refractivity contribution >= 4 is 10.0 Å². The van der Waals surface area contributed by atoms with Crippen molar-refractivity contribution in [2.45, 2.75) is 49.3 Å². The lowest BCUT2D eigenvalue weighted by Crippen LogP contribution is -2.39. The van der Waals surface area contributed by atoms with Crippen LogP contribution in [0, 0.1) is 0 Å². The van der Waals surface area contributed by atoms with Gasteiger partial charge in [0.2, 0.25) is 21.7 Å². The van der Waals surface area contributed by atoms with Gasteiger partial charge in [-0.05, 0) is 86.1 Å². The van der Waals surface area contributed by atoms with Crippen LogP contribution in [0.25, 0.3) is 11.4 Å². The number of benzene rings is 2. The molecule has 1 aliphatic carbocycles. The van der Waals surface area contributed by atoms with Gasteiger partial charge in [0.25, 0.3) is 0 Å². The number of fused-ring (bicyclic) bond motifs is 1. The second-order valence-electron chi connectivity index (χ2n) is 8.52. The number of methoxy groups -OCH3 is 1. The Morgan fingerprint density at radius 2 is 1.81 bits per heavy atom. The van der Waals surface area contributed by atoms with Crippen LogP contribution in [0.4, 0.5) is 0 Å². The van der Waals surface area contributed by atoms with Gasteiger partial charge in [-0.15, -0.1) is 0 Å². The molecule has 3 aromatic rings. The SMILES string of the molecule is COc1ccc(-c2noc([C@H]3CCCN(S(=O)(=O)c4ccc5c(c4)CCCC5)C3)n2)cc1. The molecular formula is C24H27N3O4S. The Morgan fingerprint density at radius 1 is 1.03 bits per heavy atom. The molecule has 0 saturated carbocycles. The fourth-order valence-electron chi connectivity index (χ4n) is 4.64. The molecule has 0 amide bonds. The lowest BCUT2D eigenvalue weighted by molar-refractivity contribution is 0.265. The Kier molecular flexibility index (Phi) is 5.73. The van der Waals surface area contributed by atoms with Crippen LogP contribution >= 0.6 is 0 Å². The molecular weight excluding hydrogens is 426 g/mol. The van der Waals surface area contributed by atoms with E-state index < -0.39 is 10.0 Å². The van der Waals surface area contributed by atoms with Gasteiger partial charge in [-0.2, -0.15) is 9.29 Å². The van der Waals surface area contributed by atoms with Crippen molar-refractivity contribution in [1.29, 1.82) is 0 Å². The summed E-state index contributed by atoms with van der Waals surface area (Å²) in [5, 5.41) is 4.12. The minimum absolute atomic E-state index is 0.115. The minimum atomic E-state index is -3.56. The first-order chi connectivity index (χ1) is 15.5. The van der Waals surface area contributed by atoms with Crippen molar-refractivity contribution in [2.24, 2.45) is 0 Å². The first-order valence-electron chi connectivity index (χ1n) is 11.1. The molecule has 0 radical (unpaired) electrons.